The third-order valence-electron chi connectivity index (χ3n) is 4.73. The summed E-state index contributed by atoms with van der Waals surface area (Å²) in [6.07, 6.45) is -0.107. The zero-order chi connectivity index (χ0) is 23.3. The van der Waals surface area contributed by atoms with Crippen LogP contribution in [0, 0.1) is 0 Å². The second kappa shape index (κ2) is 10.3. The summed E-state index contributed by atoms with van der Waals surface area (Å²) >= 11 is 3.37. The molecule has 0 spiro atoms. The fourth-order valence-electron chi connectivity index (χ4n) is 3.19. The van der Waals surface area contributed by atoms with Crippen LogP contribution in [0.5, 0.6) is 11.5 Å². The molecule has 0 fully saturated rings. The van der Waals surface area contributed by atoms with Crippen LogP contribution in [0.4, 0.5) is 0 Å². The lowest BCUT2D eigenvalue weighted by Crippen LogP contribution is -2.33. The van der Waals surface area contributed by atoms with E-state index >= 15 is 0 Å². The number of fused-ring (bicyclic) bond motifs is 1. The van der Waals surface area contributed by atoms with Crippen LogP contribution < -0.4 is 20.4 Å². The van der Waals surface area contributed by atoms with Crippen molar-refractivity contribution in [3.05, 3.63) is 68.5 Å². The van der Waals surface area contributed by atoms with E-state index in [1.54, 1.807) is 50.4 Å². The number of esters is 1. The molecule has 0 saturated carbocycles. The number of hydrogen-bond acceptors (Lipinski definition) is 7. The second-order valence-electron chi connectivity index (χ2n) is 6.78. The number of carbonyl (C=O) groups is 2. The monoisotopic (exact) mass is 503 g/mol. The normalized spacial score (nSPS) is 11.6. The van der Waals surface area contributed by atoms with Gasteiger partial charge >= 0.3 is 11.6 Å². The number of benzene rings is 2. The quantitative estimate of drug-likeness (QED) is 0.365. The molecule has 1 aromatic heterocycles. The van der Waals surface area contributed by atoms with E-state index < -0.39 is 23.5 Å². The molecule has 32 heavy (non-hydrogen) atoms. The van der Waals surface area contributed by atoms with Crippen molar-refractivity contribution in [1.82, 2.24) is 5.32 Å². The number of amides is 1. The van der Waals surface area contributed by atoms with Crippen molar-refractivity contribution < 1.29 is 28.2 Å². The molecule has 2 aromatic carbocycles. The summed E-state index contributed by atoms with van der Waals surface area (Å²) in [5.74, 6) is -0.168. The molecule has 0 aliphatic heterocycles. The van der Waals surface area contributed by atoms with Crippen LogP contribution in [-0.4, -0.2) is 32.7 Å². The largest absolute Gasteiger partial charge is 0.497 e. The Bertz CT molecular complexity index is 1190. The maximum Gasteiger partial charge on any atom is 0.349 e. The standard InChI is InChI=1S/C23H22BrNO7/c1-4-31-20(26)12-18(13-5-7-16(29-2)8-6-13)25-22(27)17-10-14-9-15(24)11-19(30-3)21(14)32-23(17)28/h5-11,18H,4,12H2,1-3H3,(H,25,27)/t18-/m0/s1. The van der Waals surface area contributed by atoms with Crippen LogP contribution in [0.15, 0.2) is 56.1 Å². The molecule has 0 aliphatic rings. The third-order valence-corrected chi connectivity index (χ3v) is 5.18. The lowest BCUT2D eigenvalue weighted by molar-refractivity contribution is -0.143. The highest BCUT2D eigenvalue weighted by molar-refractivity contribution is 9.10. The highest BCUT2D eigenvalue weighted by Gasteiger charge is 2.23. The molecule has 1 N–H and O–H groups in total. The van der Waals surface area contributed by atoms with Gasteiger partial charge in [-0.3, -0.25) is 9.59 Å². The Hall–Kier alpha value is -3.33. The molecule has 0 saturated heterocycles. The lowest BCUT2D eigenvalue weighted by Gasteiger charge is -2.19. The Morgan fingerprint density at radius 3 is 2.44 bits per heavy atom. The van der Waals surface area contributed by atoms with Crippen LogP contribution in [-0.2, 0) is 9.53 Å². The Morgan fingerprint density at radius 1 is 1.09 bits per heavy atom. The molecule has 0 aliphatic carbocycles. The van der Waals surface area contributed by atoms with E-state index in [1.807, 2.05) is 0 Å². The lowest BCUT2D eigenvalue weighted by atomic mass is 10.0. The number of ether oxygens (including phenoxy) is 3. The summed E-state index contributed by atoms with van der Waals surface area (Å²) in [6.45, 7) is 1.92. The predicted octanol–water partition coefficient (Wildman–Crippen LogP) is 4.00. The maximum atomic E-state index is 13.0. The molecule has 9 heteroatoms. The minimum Gasteiger partial charge on any atom is -0.497 e. The van der Waals surface area contributed by atoms with E-state index in [0.29, 0.717) is 26.9 Å². The predicted molar refractivity (Wildman–Crippen MR) is 121 cm³/mol. The van der Waals surface area contributed by atoms with Gasteiger partial charge < -0.3 is 23.9 Å². The Balaban J connectivity index is 1.95. The summed E-state index contributed by atoms with van der Waals surface area (Å²) in [6, 6.07) is 11.0. The van der Waals surface area contributed by atoms with Crippen LogP contribution in [0.25, 0.3) is 11.0 Å². The first-order valence-corrected chi connectivity index (χ1v) is 10.6. The average molecular weight is 504 g/mol. The molecule has 8 nitrogen and oxygen atoms in total. The Morgan fingerprint density at radius 2 is 1.81 bits per heavy atom. The van der Waals surface area contributed by atoms with Crippen molar-refractivity contribution in [3.8, 4) is 11.5 Å². The molecule has 168 valence electrons. The molecule has 1 atom stereocenters. The van der Waals surface area contributed by atoms with Gasteiger partial charge in [-0.05, 0) is 42.8 Å². The van der Waals surface area contributed by atoms with Gasteiger partial charge in [0.05, 0.1) is 33.3 Å². The van der Waals surface area contributed by atoms with E-state index in [9.17, 15) is 14.4 Å². The fraction of sp³-hybridized carbons (Fsp3) is 0.261. The van der Waals surface area contributed by atoms with Crippen molar-refractivity contribution in [3.63, 3.8) is 0 Å². The van der Waals surface area contributed by atoms with Crippen molar-refractivity contribution in [1.29, 1.82) is 0 Å². The average Bonchev–Trinajstić information content (AvgIpc) is 2.78. The van der Waals surface area contributed by atoms with E-state index in [0.717, 1.165) is 0 Å². The first-order valence-electron chi connectivity index (χ1n) is 9.78. The van der Waals surface area contributed by atoms with Gasteiger partial charge in [-0.2, -0.15) is 0 Å². The van der Waals surface area contributed by atoms with Gasteiger partial charge in [0.2, 0.25) is 0 Å². The maximum absolute atomic E-state index is 13.0. The molecule has 0 radical (unpaired) electrons. The summed E-state index contributed by atoms with van der Waals surface area (Å²) in [7, 11) is 3.00. The van der Waals surface area contributed by atoms with Crippen LogP contribution >= 0.6 is 15.9 Å². The van der Waals surface area contributed by atoms with Gasteiger partial charge in [-0.15, -0.1) is 0 Å². The topological polar surface area (TPSA) is 104 Å². The van der Waals surface area contributed by atoms with Gasteiger partial charge in [0, 0.05) is 9.86 Å². The highest BCUT2D eigenvalue weighted by atomic mass is 79.9. The summed E-state index contributed by atoms with van der Waals surface area (Å²) in [5, 5.41) is 3.25. The van der Waals surface area contributed by atoms with E-state index in [4.69, 9.17) is 18.6 Å². The summed E-state index contributed by atoms with van der Waals surface area (Å²) < 4.78 is 21.5. The minimum absolute atomic E-state index is 0.107. The first-order chi connectivity index (χ1) is 15.4. The summed E-state index contributed by atoms with van der Waals surface area (Å²) in [5.41, 5.74) is -0.127. The molecular formula is C23H22BrNO7. The number of carbonyl (C=O) groups excluding carboxylic acids is 2. The van der Waals surface area contributed by atoms with Crippen molar-refractivity contribution in [2.75, 3.05) is 20.8 Å². The fourth-order valence-corrected chi connectivity index (χ4v) is 3.64. The van der Waals surface area contributed by atoms with Gasteiger partial charge in [0.1, 0.15) is 11.3 Å². The number of hydrogen-bond donors (Lipinski definition) is 1. The molecule has 3 aromatic rings. The number of methoxy groups -OCH3 is 2. The van der Waals surface area contributed by atoms with Crippen LogP contribution in [0.1, 0.15) is 35.3 Å². The Kier molecular flexibility index (Phi) is 7.53. The molecular weight excluding hydrogens is 482 g/mol. The third kappa shape index (κ3) is 5.28. The van der Waals surface area contributed by atoms with Crippen LogP contribution in [0.2, 0.25) is 0 Å². The van der Waals surface area contributed by atoms with Crippen LogP contribution in [0.3, 0.4) is 0 Å². The van der Waals surface area contributed by atoms with Crippen molar-refractivity contribution >= 4 is 38.8 Å². The minimum atomic E-state index is -0.819. The zero-order valence-corrected chi connectivity index (χ0v) is 19.4. The molecule has 1 amide bonds. The molecule has 1 heterocycles. The van der Waals surface area contributed by atoms with Gasteiger partial charge in [-0.1, -0.05) is 28.1 Å². The first kappa shape index (κ1) is 23.3. The zero-order valence-electron chi connectivity index (χ0n) is 17.8. The molecule has 3 rings (SSSR count). The molecule has 0 bridgehead atoms. The van der Waals surface area contributed by atoms with E-state index in [1.165, 1.54) is 13.2 Å². The number of halogens is 1. The second-order valence-corrected chi connectivity index (χ2v) is 7.70. The van der Waals surface area contributed by atoms with Crippen molar-refractivity contribution in [2.24, 2.45) is 0 Å². The highest BCUT2D eigenvalue weighted by Crippen LogP contribution is 2.30. The summed E-state index contributed by atoms with van der Waals surface area (Å²) in [4.78, 5) is 37.7. The van der Waals surface area contributed by atoms with Gasteiger partial charge in [0.15, 0.2) is 11.3 Å². The smallest absolute Gasteiger partial charge is 0.349 e. The van der Waals surface area contributed by atoms with Gasteiger partial charge in [0.25, 0.3) is 5.91 Å². The number of nitrogens with one attached hydrogen (secondary N) is 1. The SMILES string of the molecule is CCOC(=O)C[C@H](NC(=O)c1cc2cc(Br)cc(OC)c2oc1=O)c1ccc(OC)cc1. The number of rotatable bonds is 8. The van der Waals surface area contributed by atoms with E-state index in [2.05, 4.69) is 21.2 Å². The van der Waals surface area contributed by atoms with Crippen molar-refractivity contribution in [2.45, 2.75) is 19.4 Å². The molecule has 0 unspecified atom stereocenters. The van der Waals surface area contributed by atoms with Gasteiger partial charge in [-0.25, -0.2) is 4.79 Å². The van der Waals surface area contributed by atoms with E-state index in [-0.39, 0.29) is 24.2 Å². The Labute approximate surface area is 192 Å².